The molecule has 0 bridgehead atoms. The van der Waals surface area contributed by atoms with Crippen LogP contribution >= 0.6 is 11.6 Å². The van der Waals surface area contributed by atoms with E-state index in [1.165, 1.54) is 30.3 Å². The molecule has 1 atom stereocenters. The highest BCUT2D eigenvalue weighted by molar-refractivity contribution is 7.89. The van der Waals surface area contributed by atoms with E-state index in [4.69, 9.17) is 22.2 Å². The average Bonchev–Trinajstić information content (AvgIpc) is 3.02. The second-order valence-corrected chi connectivity index (χ2v) is 14.5. The Hall–Kier alpha value is -3.86. The Morgan fingerprint density at radius 2 is 1.60 bits per heavy atom. The summed E-state index contributed by atoms with van der Waals surface area (Å²) in [5.41, 5.74) is 0.846. The number of fused-ring (bicyclic) bond motifs is 1. The fourth-order valence-corrected chi connectivity index (χ4v) is 8.30. The summed E-state index contributed by atoms with van der Waals surface area (Å²) in [6.45, 7) is -1.61. The fraction of sp³-hybridized carbons (Fsp3) is 0.207. The van der Waals surface area contributed by atoms with Gasteiger partial charge in [-0.25, -0.2) is 30.4 Å². The number of benzene rings is 4. The Labute approximate surface area is 263 Å². The van der Waals surface area contributed by atoms with Crippen LogP contribution in [0.15, 0.2) is 82.6 Å². The van der Waals surface area contributed by atoms with Gasteiger partial charge in [-0.1, -0.05) is 29.8 Å². The van der Waals surface area contributed by atoms with Crippen LogP contribution in [0.3, 0.4) is 0 Å². The number of anilines is 1. The predicted octanol–water partition coefficient (Wildman–Crippen LogP) is 4.11. The lowest BCUT2D eigenvalue weighted by molar-refractivity contribution is -0.150. The first-order valence-corrected chi connectivity index (χ1v) is 16.5. The van der Waals surface area contributed by atoms with Gasteiger partial charge in [-0.2, -0.15) is 14.5 Å². The first-order valence-electron chi connectivity index (χ1n) is 13.3. The predicted molar refractivity (Wildman–Crippen MR) is 163 cm³/mol. The molecule has 0 radical (unpaired) electrons. The summed E-state index contributed by atoms with van der Waals surface area (Å²) in [6, 6.07) is 14.9. The number of sulfonamides is 2. The molecule has 1 aliphatic rings. The maximum absolute atomic E-state index is 15.0. The van der Waals surface area contributed by atoms with Gasteiger partial charge in [-0.05, 0) is 60.0 Å². The third kappa shape index (κ3) is 6.32. The van der Waals surface area contributed by atoms with E-state index >= 15 is 8.78 Å². The minimum absolute atomic E-state index is 0.0419. The van der Waals surface area contributed by atoms with E-state index in [0.717, 1.165) is 9.99 Å². The second kappa shape index (κ2) is 12.5. The molecular weight excluding hydrogens is 654 g/mol. The van der Waals surface area contributed by atoms with Gasteiger partial charge < -0.3 is 14.5 Å². The van der Waals surface area contributed by atoms with Crippen molar-refractivity contribution in [2.75, 3.05) is 38.6 Å². The van der Waals surface area contributed by atoms with Crippen molar-refractivity contribution in [1.29, 1.82) is 0 Å². The third-order valence-electron chi connectivity index (χ3n) is 7.25. The molecule has 1 heterocycles. The number of ether oxygens (including phenoxy) is 1. The summed E-state index contributed by atoms with van der Waals surface area (Å²) >= 11 is 5.82. The molecule has 1 saturated heterocycles. The minimum atomic E-state index is -4.79. The Balaban J connectivity index is 1.45. The topological polar surface area (TPSA) is 140 Å². The smallest absolute Gasteiger partial charge is 0.344 e. The number of carbonyl (C=O) groups is 1. The van der Waals surface area contributed by atoms with Crippen LogP contribution in [0.25, 0.3) is 10.8 Å². The first-order chi connectivity index (χ1) is 21.2. The van der Waals surface area contributed by atoms with Crippen LogP contribution in [0.4, 0.5) is 14.5 Å². The van der Waals surface area contributed by atoms with Crippen LogP contribution in [0.2, 0.25) is 5.02 Å². The highest BCUT2D eigenvalue weighted by Crippen LogP contribution is 2.34. The SMILES string of the molecule is CN(C)c1ccc2c(S(=O)(=O)N3CCN(S(=O)(=O)c4cc(F)c(Oc5ccc(Cl)cc5)c(F)c4)[C@@H](C(=O)ON)C3)cccc2c1. The van der Waals surface area contributed by atoms with Crippen molar-refractivity contribution in [3.8, 4) is 11.5 Å². The summed E-state index contributed by atoms with van der Waals surface area (Å²) < 4.78 is 91.8. The summed E-state index contributed by atoms with van der Waals surface area (Å²) in [4.78, 5) is 18.0. The van der Waals surface area contributed by atoms with Crippen LogP contribution in [0, 0.1) is 11.6 Å². The number of nitrogens with zero attached hydrogens (tertiary/aromatic N) is 3. The normalized spacial score (nSPS) is 16.4. The van der Waals surface area contributed by atoms with Crippen molar-refractivity contribution in [1.82, 2.24) is 8.61 Å². The van der Waals surface area contributed by atoms with E-state index in [0.29, 0.717) is 32.2 Å². The van der Waals surface area contributed by atoms with Gasteiger partial charge in [0.2, 0.25) is 20.0 Å². The zero-order valence-corrected chi connectivity index (χ0v) is 26.2. The second-order valence-electron chi connectivity index (χ2n) is 10.3. The summed E-state index contributed by atoms with van der Waals surface area (Å²) in [5, 5.41) is 1.43. The quantitative estimate of drug-likeness (QED) is 0.272. The maximum atomic E-state index is 15.0. The lowest BCUT2D eigenvalue weighted by Gasteiger charge is -2.38. The van der Waals surface area contributed by atoms with E-state index < -0.39 is 67.4 Å². The van der Waals surface area contributed by atoms with E-state index in [2.05, 4.69) is 4.84 Å². The number of rotatable bonds is 8. The van der Waals surface area contributed by atoms with Gasteiger partial charge in [0.05, 0.1) is 9.79 Å². The first kappa shape index (κ1) is 32.5. The van der Waals surface area contributed by atoms with Gasteiger partial charge in [-0.3, -0.25) is 0 Å². The number of halogens is 3. The summed E-state index contributed by atoms with van der Waals surface area (Å²) in [6.07, 6.45) is 0. The zero-order chi connectivity index (χ0) is 32.7. The van der Waals surface area contributed by atoms with Crippen molar-refractivity contribution < 1.29 is 40.0 Å². The van der Waals surface area contributed by atoms with Crippen LogP contribution < -0.4 is 15.5 Å². The van der Waals surface area contributed by atoms with Gasteiger partial charge in [0.1, 0.15) is 11.8 Å². The largest absolute Gasteiger partial charge is 0.451 e. The summed E-state index contributed by atoms with van der Waals surface area (Å²) in [7, 11) is -5.38. The number of carbonyl (C=O) groups excluding carboxylic acids is 1. The molecule has 45 heavy (non-hydrogen) atoms. The Bertz CT molecular complexity index is 1970. The van der Waals surface area contributed by atoms with Gasteiger partial charge in [0.25, 0.3) is 0 Å². The lowest BCUT2D eigenvalue weighted by atomic mass is 10.1. The number of hydrogen-bond acceptors (Lipinski definition) is 9. The molecular formula is C29H27ClF2N4O7S2. The Morgan fingerprint density at radius 3 is 2.22 bits per heavy atom. The lowest BCUT2D eigenvalue weighted by Crippen LogP contribution is -2.59. The zero-order valence-electron chi connectivity index (χ0n) is 23.9. The molecule has 2 N–H and O–H groups in total. The molecule has 0 aromatic heterocycles. The third-order valence-corrected chi connectivity index (χ3v) is 11.3. The van der Waals surface area contributed by atoms with Gasteiger partial charge in [-0.15, -0.1) is 0 Å². The Kier molecular flexibility index (Phi) is 9.04. The molecule has 0 spiro atoms. The van der Waals surface area contributed by atoms with Crippen molar-refractivity contribution in [3.63, 3.8) is 0 Å². The maximum Gasteiger partial charge on any atom is 0.344 e. The van der Waals surface area contributed by atoms with E-state index in [1.807, 2.05) is 25.1 Å². The molecule has 1 fully saturated rings. The van der Waals surface area contributed by atoms with Crippen LogP contribution in [0.1, 0.15) is 0 Å². The standard InChI is InChI=1S/C29H27ClF2N4O7S2/c1-34(2)20-8-11-23-18(14-20)4-3-5-27(23)45(40,41)35-12-13-36(26(17-35)29(37)43-33)44(38,39)22-15-24(31)28(25(32)16-22)42-21-9-6-19(30)7-10-21/h3-11,14-16,26H,12-13,17,33H2,1-2H3/t26-/m1/s1. The molecule has 4 aromatic carbocycles. The highest BCUT2D eigenvalue weighted by Gasteiger charge is 2.45. The Morgan fingerprint density at radius 1 is 0.933 bits per heavy atom. The summed E-state index contributed by atoms with van der Waals surface area (Å²) in [5.74, 6) is 0.326. The molecule has 4 aromatic rings. The van der Waals surface area contributed by atoms with Crippen molar-refractivity contribution in [2.24, 2.45) is 5.90 Å². The molecule has 16 heteroatoms. The van der Waals surface area contributed by atoms with Crippen molar-refractivity contribution in [2.45, 2.75) is 15.8 Å². The minimum Gasteiger partial charge on any atom is -0.451 e. The van der Waals surface area contributed by atoms with Gasteiger partial charge in [0.15, 0.2) is 17.4 Å². The number of hydrogen-bond donors (Lipinski definition) is 1. The van der Waals surface area contributed by atoms with Gasteiger partial charge in [0, 0.05) is 49.8 Å². The van der Waals surface area contributed by atoms with Crippen LogP contribution in [-0.2, 0) is 29.7 Å². The highest BCUT2D eigenvalue weighted by atomic mass is 35.5. The van der Waals surface area contributed by atoms with Crippen LogP contribution in [-0.4, -0.2) is 71.2 Å². The average molecular weight is 681 g/mol. The van der Waals surface area contributed by atoms with E-state index in [9.17, 15) is 21.6 Å². The molecule has 238 valence electrons. The van der Waals surface area contributed by atoms with E-state index in [1.54, 1.807) is 24.3 Å². The van der Waals surface area contributed by atoms with Crippen LogP contribution in [0.5, 0.6) is 11.5 Å². The van der Waals surface area contributed by atoms with Crippen molar-refractivity contribution in [3.05, 3.63) is 89.5 Å². The molecule has 0 aliphatic carbocycles. The fourth-order valence-electron chi connectivity index (χ4n) is 4.94. The molecule has 5 rings (SSSR count). The van der Waals surface area contributed by atoms with Gasteiger partial charge >= 0.3 is 5.97 Å². The number of piperazine rings is 1. The monoisotopic (exact) mass is 680 g/mol. The molecule has 0 saturated carbocycles. The van der Waals surface area contributed by atoms with E-state index in [-0.39, 0.29) is 17.2 Å². The van der Waals surface area contributed by atoms with Crippen molar-refractivity contribution >= 4 is 54.1 Å². The molecule has 0 unspecified atom stereocenters. The number of nitrogens with two attached hydrogens (primary N) is 1. The molecule has 1 aliphatic heterocycles. The molecule has 0 amide bonds. The molecule has 11 nitrogen and oxygen atoms in total.